The van der Waals surface area contributed by atoms with Crippen LogP contribution in [-0.2, 0) is 0 Å². The average Bonchev–Trinajstić information content (AvgIpc) is 2.55. The number of rotatable bonds is 2. The highest BCUT2D eigenvalue weighted by Gasteiger charge is 2.29. The number of hydrogen-bond donors (Lipinski definition) is 1. The second kappa shape index (κ2) is 7.38. The predicted molar refractivity (Wildman–Crippen MR) is 89.3 cm³/mol. The van der Waals surface area contributed by atoms with E-state index in [9.17, 15) is 4.79 Å². The summed E-state index contributed by atoms with van der Waals surface area (Å²) in [6.45, 7) is 4.29. The Bertz CT molecular complexity index is 633. The first-order chi connectivity index (χ1) is 10.3. The predicted octanol–water partition coefficient (Wildman–Crippen LogP) is 2.60. The molecule has 0 saturated carbocycles. The largest absolute Gasteiger partial charge is 0.329 e. The Morgan fingerprint density at radius 2 is 2.09 bits per heavy atom. The van der Waals surface area contributed by atoms with Gasteiger partial charge in [-0.25, -0.2) is 0 Å². The van der Waals surface area contributed by atoms with Crippen molar-refractivity contribution in [2.45, 2.75) is 13.0 Å². The molecule has 3 rings (SSSR count). The normalized spacial score (nSPS) is 17.7. The molecule has 116 valence electrons. The molecule has 22 heavy (non-hydrogen) atoms. The molecular formula is C17H20ClN3O. The van der Waals surface area contributed by atoms with Crippen LogP contribution in [0, 0.1) is 6.92 Å². The minimum absolute atomic E-state index is 0. The second-order valence-electron chi connectivity index (χ2n) is 5.32. The van der Waals surface area contributed by atoms with Gasteiger partial charge < -0.3 is 10.2 Å². The number of aromatic nitrogens is 1. The molecular weight excluding hydrogens is 298 g/mol. The number of piperazine rings is 1. The molecule has 1 N–H and O–H groups in total. The van der Waals surface area contributed by atoms with Crippen LogP contribution in [0.2, 0.25) is 0 Å². The summed E-state index contributed by atoms with van der Waals surface area (Å²) in [6.07, 6.45) is 3.60. The van der Waals surface area contributed by atoms with Gasteiger partial charge in [0, 0.05) is 37.6 Å². The molecule has 1 aliphatic rings. The van der Waals surface area contributed by atoms with E-state index < -0.39 is 0 Å². The molecule has 1 fully saturated rings. The van der Waals surface area contributed by atoms with Gasteiger partial charge in [-0.3, -0.25) is 9.78 Å². The van der Waals surface area contributed by atoms with Gasteiger partial charge in [-0.1, -0.05) is 24.3 Å². The minimum Gasteiger partial charge on any atom is -0.329 e. The molecule has 5 heteroatoms. The highest BCUT2D eigenvalue weighted by Crippen LogP contribution is 2.24. The van der Waals surface area contributed by atoms with Crippen molar-refractivity contribution in [1.29, 1.82) is 0 Å². The van der Waals surface area contributed by atoms with Crippen LogP contribution >= 0.6 is 12.4 Å². The van der Waals surface area contributed by atoms with Gasteiger partial charge in [0.2, 0.25) is 0 Å². The van der Waals surface area contributed by atoms with Gasteiger partial charge in [0.1, 0.15) is 0 Å². The van der Waals surface area contributed by atoms with Crippen LogP contribution in [0.3, 0.4) is 0 Å². The third-order valence-electron chi connectivity index (χ3n) is 3.95. The third kappa shape index (κ3) is 3.29. The number of nitrogens with zero attached hydrogens (tertiary/aromatic N) is 2. The molecule has 1 amide bonds. The number of nitrogens with one attached hydrogen (secondary N) is 1. The SMILES string of the molecule is Cc1ccccc1C(=O)N1CCNCC1c1cccnc1.Cl. The van der Waals surface area contributed by atoms with Crippen molar-refractivity contribution in [2.75, 3.05) is 19.6 Å². The smallest absolute Gasteiger partial charge is 0.254 e. The minimum atomic E-state index is 0. The van der Waals surface area contributed by atoms with Crippen LogP contribution in [0.5, 0.6) is 0 Å². The van der Waals surface area contributed by atoms with E-state index in [1.165, 1.54) is 0 Å². The number of pyridine rings is 1. The topological polar surface area (TPSA) is 45.2 Å². The Morgan fingerprint density at radius 1 is 1.27 bits per heavy atom. The molecule has 0 spiro atoms. The van der Waals surface area contributed by atoms with Gasteiger partial charge in [0.05, 0.1) is 6.04 Å². The van der Waals surface area contributed by atoms with Crippen molar-refractivity contribution in [3.05, 3.63) is 65.5 Å². The summed E-state index contributed by atoms with van der Waals surface area (Å²) < 4.78 is 0. The molecule has 0 radical (unpaired) electrons. The highest BCUT2D eigenvalue weighted by molar-refractivity contribution is 5.96. The molecule has 1 saturated heterocycles. The Balaban J connectivity index is 0.00000176. The van der Waals surface area contributed by atoms with Crippen molar-refractivity contribution < 1.29 is 4.79 Å². The van der Waals surface area contributed by atoms with Gasteiger partial charge in [0.15, 0.2) is 0 Å². The Kier molecular flexibility index (Phi) is 5.52. The lowest BCUT2D eigenvalue weighted by atomic mass is 10.0. The van der Waals surface area contributed by atoms with Crippen LogP contribution in [0.25, 0.3) is 0 Å². The summed E-state index contributed by atoms with van der Waals surface area (Å²) in [5.74, 6) is 0.100. The lowest BCUT2D eigenvalue weighted by molar-refractivity contribution is 0.0633. The maximum atomic E-state index is 12.9. The Morgan fingerprint density at radius 3 is 2.82 bits per heavy atom. The fourth-order valence-electron chi connectivity index (χ4n) is 2.79. The van der Waals surface area contributed by atoms with E-state index in [-0.39, 0.29) is 24.4 Å². The average molecular weight is 318 g/mol. The van der Waals surface area contributed by atoms with E-state index >= 15 is 0 Å². The highest BCUT2D eigenvalue weighted by atomic mass is 35.5. The first-order valence-electron chi connectivity index (χ1n) is 7.24. The summed E-state index contributed by atoms with van der Waals surface area (Å²) in [6, 6.07) is 11.8. The van der Waals surface area contributed by atoms with Crippen molar-refractivity contribution in [3.63, 3.8) is 0 Å². The van der Waals surface area contributed by atoms with Gasteiger partial charge in [-0.15, -0.1) is 12.4 Å². The van der Waals surface area contributed by atoms with Crippen molar-refractivity contribution in [1.82, 2.24) is 15.2 Å². The summed E-state index contributed by atoms with van der Waals surface area (Å²) in [5, 5.41) is 3.36. The lowest BCUT2D eigenvalue weighted by Gasteiger charge is -2.36. The molecule has 1 aromatic heterocycles. The summed E-state index contributed by atoms with van der Waals surface area (Å²) in [4.78, 5) is 19.0. The van der Waals surface area contributed by atoms with E-state index in [1.807, 2.05) is 54.4 Å². The Labute approximate surface area is 137 Å². The zero-order chi connectivity index (χ0) is 14.7. The third-order valence-corrected chi connectivity index (χ3v) is 3.95. The lowest BCUT2D eigenvalue weighted by Crippen LogP contribution is -2.48. The van der Waals surface area contributed by atoms with E-state index in [1.54, 1.807) is 6.20 Å². The van der Waals surface area contributed by atoms with E-state index in [4.69, 9.17) is 0 Å². The van der Waals surface area contributed by atoms with E-state index in [2.05, 4.69) is 10.3 Å². The van der Waals surface area contributed by atoms with Crippen LogP contribution < -0.4 is 5.32 Å². The molecule has 1 unspecified atom stereocenters. The van der Waals surface area contributed by atoms with Crippen molar-refractivity contribution >= 4 is 18.3 Å². The Hall–Kier alpha value is -1.91. The van der Waals surface area contributed by atoms with Crippen LogP contribution in [0.4, 0.5) is 0 Å². The molecule has 1 aliphatic heterocycles. The molecule has 0 aliphatic carbocycles. The van der Waals surface area contributed by atoms with Gasteiger partial charge in [-0.2, -0.15) is 0 Å². The monoisotopic (exact) mass is 317 g/mol. The van der Waals surface area contributed by atoms with Crippen LogP contribution in [-0.4, -0.2) is 35.4 Å². The number of carbonyl (C=O) groups excluding carboxylic acids is 1. The summed E-state index contributed by atoms with van der Waals surface area (Å²) in [7, 11) is 0. The van der Waals surface area contributed by atoms with Gasteiger partial charge in [0.25, 0.3) is 5.91 Å². The van der Waals surface area contributed by atoms with Crippen molar-refractivity contribution in [2.24, 2.45) is 0 Å². The van der Waals surface area contributed by atoms with Crippen LogP contribution in [0.1, 0.15) is 27.5 Å². The second-order valence-corrected chi connectivity index (χ2v) is 5.32. The number of benzene rings is 1. The van der Waals surface area contributed by atoms with E-state index in [0.29, 0.717) is 6.54 Å². The molecule has 1 aromatic carbocycles. The fourth-order valence-corrected chi connectivity index (χ4v) is 2.79. The number of hydrogen-bond acceptors (Lipinski definition) is 3. The molecule has 4 nitrogen and oxygen atoms in total. The number of carbonyl (C=O) groups is 1. The van der Waals surface area contributed by atoms with Crippen LogP contribution in [0.15, 0.2) is 48.8 Å². The number of aryl methyl sites for hydroxylation is 1. The standard InChI is InChI=1S/C17H19N3O.ClH/c1-13-5-2-3-7-15(13)17(21)20-10-9-19-12-16(20)14-6-4-8-18-11-14;/h2-8,11,16,19H,9-10,12H2,1H3;1H. The number of halogens is 1. The number of amides is 1. The first-order valence-corrected chi connectivity index (χ1v) is 7.24. The zero-order valence-electron chi connectivity index (χ0n) is 12.5. The van der Waals surface area contributed by atoms with Crippen molar-refractivity contribution in [3.8, 4) is 0 Å². The summed E-state index contributed by atoms with van der Waals surface area (Å²) in [5.41, 5.74) is 2.88. The van der Waals surface area contributed by atoms with E-state index in [0.717, 1.165) is 29.8 Å². The molecule has 2 heterocycles. The molecule has 1 atom stereocenters. The zero-order valence-corrected chi connectivity index (χ0v) is 13.3. The fraction of sp³-hybridized carbons (Fsp3) is 0.294. The molecule has 2 aromatic rings. The first kappa shape index (κ1) is 16.5. The van der Waals surface area contributed by atoms with Gasteiger partial charge in [-0.05, 0) is 30.2 Å². The summed E-state index contributed by atoms with van der Waals surface area (Å²) >= 11 is 0. The maximum absolute atomic E-state index is 12.9. The molecule has 0 bridgehead atoms. The quantitative estimate of drug-likeness (QED) is 0.926. The van der Waals surface area contributed by atoms with Gasteiger partial charge >= 0.3 is 0 Å². The maximum Gasteiger partial charge on any atom is 0.254 e.